The number of carbonyl (C=O) groups excluding carboxylic acids is 1. The van der Waals surface area contributed by atoms with Crippen LogP contribution in [0.1, 0.15) is 70.8 Å². The Morgan fingerprint density at radius 1 is 1.12 bits per heavy atom. The van der Waals surface area contributed by atoms with Crippen LogP contribution < -0.4 is 4.90 Å². The van der Waals surface area contributed by atoms with Crippen molar-refractivity contribution in [1.82, 2.24) is 14.9 Å². The van der Waals surface area contributed by atoms with Gasteiger partial charge in [-0.05, 0) is 46.0 Å². The molecule has 0 bridgehead atoms. The predicted octanol–water partition coefficient (Wildman–Crippen LogP) is 3.53. The molecule has 3 rings (SSSR count). The van der Waals surface area contributed by atoms with Crippen LogP contribution in [0.25, 0.3) is 0 Å². The van der Waals surface area contributed by atoms with Crippen molar-refractivity contribution < 1.29 is 4.79 Å². The summed E-state index contributed by atoms with van der Waals surface area (Å²) in [5.74, 6) is 2.63. The first-order valence-corrected chi connectivity index (χ1v) is 9.70. The number of hydrogen-bond acceptors (Lipinski definition) is 4. The largest absolute Gasteiger partial charge is 0.356 e. The van der Waals surface area contributed by atoms with E-state index in [2.05, 4.69) is 48.5 Å². The van der Waals surface area contributed by atoms with Gasteiger partial charge in [-0.3, -0.25) is 4.79 Å². The minimum Gasteiger partial charge on any atom is -0.356 e. The topological polar surface area (TPSA) is 49.3 Å². The van der Waals surface area contributed by atoms with Crippen molar-refractivity contribution in [2.45, 2.75) is 72.3 Å². The van der Waals surface area contributed by atoms with Crippen molar-refractivity contribution in [3.8, 4) is 0 Å². The molecule has 2 saturated heterocycles. The molecule has 0 N–H and O–H groups in total. The zero-order valence-corrected chi connectivity index (χ0v) is 16.4. The molecule has 1 amide bonds. The monoisotopic (exact) mass is 344 g/mol. The summed E-state index contributed by atoms with van der Waals surface area (Å²) in [6.07, 6.45) is 4.07. The Labute approximate surface area is 151 Å². The van der Waals surface area contributed by atoms with Crippen LogP contribution in [-0.4, -0.2) is 46.5 Å². The van der Waals surface area contributed by atoms with Gasteiger partial charge in [0, 0.05) is 49.3 Å². The van der Waals surface area contributed by atoms with Gasteiger partial charge in [0.1, 0.15) is 11.6 Å². The maximum atomic E-state index is 12.3. The standard InChI is InChI=1S/C20H32N4O/c1-14(2)17-11-18(22-16(5)21-17)23-10-6-8-20(12-23)9-7-19(25)24(13-20)15(3)4/h11,14-15H,6-10,12-13H2,1-5H3/t20-/m1/s1. The molecule has 5 heteroatoms. The molecule has 1 atom stereocenters. The van der Waals surface area contributed by atoms with Crippen LogP contribution in [0.3, 0.4) is 0 Å². The van der Waals surface area contributed by atoms with Gasteiger partial charge >= 0.3 is 0 Å². The van der Waals surface area contributed by atoms with E-state index in [-0.39, 0.29) is 11.5 Å². The summed E-state index contributed by atoms with van der Waals surface area (Å²) in [6, 6.07) is 2.44. The fraction of sp³-hybridized carbons (Fsp3) is 0.750. The highest BCUT2D eigenvalue weighted by Crippen LogP contribution is 2.40. The number of aryl methyl sites for hydroxylation is 1. The van der Waals surface area contributed by atoms with Gasteiger partial charge in [-0.15, -0.1) is 0 Å². The molecule has 0 aliphatic carbocycles. The first-order valence-electron chi connectivity index (χ1n) is 9.70. The van der Waals surface area contributed by atoms with Crippen molar-refractivity contribution in [3.63, 3.8) is 0 Å². The van der Waals surface area contributed by atoms with E-state index in [1.807, 2.05) is 6.92 Å². The predicted molar refractivity (Wildman–Crippen MR) is 101 cm³/mol. The Hall–Kier alpha value is -1.65. The van der Waals surface area contributed by atoms with Crippen LogP contribution in [0.4, 0.5) is 5.82 Å². The van der Waals surface area contributed by atoms with Crippen LogP contribution in [-0.2, 0) is 4.79 Å². The highest BCUT2D eigenvalue weighted by atomic mass is 16.2. The quantitative estimate of drug-likeness (QED) is 0.842. The van der Waals surface area contributed by atoms with Gasteiger partial charge in [-0.25, -0.2) is 9.97 Å². The van der Waals surface area contributed by atoms with E-state index in [0.717, 1.165) is 43.4 Å². The van der Waals surface area contributed by atoms with Gasteiger partial charge < -0.3 is 9.80 Å². The number of piperidine rings is 2. The third-order valence-corrected chi connectivity index (χ3v) is 5.74. The number of hydrogen-bond donors (Lipinski definition) is 0. The number of likely N-dealkylation sites (tertiary alicyclic amines) is 1. The molecule has 0 radical (unpaired) electrons. The van der Waals surface area contributed by atoms with Gasteiger partial charge in [0.15, 0.2) is 0 Å². The number of nitrogens with zero attached hydrogens (tertiary/aromatic N) is 4. The molecule has 5 nitrogen and oxygen atoms in total. The van der Waals surface area contributed by atoms with E-state index in [4.69, 9.17) is 4.98 Å². The zero-order valence-electron chi connectivity index (χ0n) is 16.4. The minimum absolute atomic E-state index is 0.216. The highest BCUT2D eigenvalue weighted by Gasteiger charge is 2.42. The normalized spacial score (nSPS) is 24.7. The number of amides is 1. The molecule has 138 valence electrons. The molecule has 1 spiro atoms. The van der Waals surface area contributed by atoms with Crippen LogP contribution >= 0.6 is 0 Å². The van der Waals surface area contributed by atoms with Crippen molar-refractivity contribution in [2.75, 3.05) is 24.5 Å². The summed E-state index contributed by atoms with van der Waals surface area (Å²) < 4.78 is 0. The molecular weight excluding hydrogens is 312 g/mol. The first kappa shape index (κ1) is 18.2. The summed E-state index contributed by atoms with van der Waals surface area (Å²) in [4.78, 5) is 26.1. The van der Waals surface area contributed by atoms with Crippen LogP contribution in [0.15, 0.2) is 6.07 Å². The molecule has 3 heterocycles. The Kier molecular flexibility index (Phi) is 5.03. The fourth-order valence-corrected chi connectivity index (χ4v) is 4.28. The fourth-order valence-electron chi connectivity index (χ4n) is 4.28. The Morgan fingerprint density at radius 3 is 2.56 bits per heavy atom. The van der Waals surface area contributed by atoms with Crippen molar-refractivity contribution in [3.05, 3.63) is 17.6 Å². The lowest BCUT2D eigenvalue weighted by molar-refractivity contribution is -0.140. The number of aromatic nitrogens is 2. The minimum atomic E-state index is 0.216. The Morgan fingerprint density at radius 2 is 1.88 bits per heavy atom. The third kappa shape index (κ3) is 3.80. The van der Waals surface area contributed by atoms with Crippen LogP contribution in [0.2, 0.25) is 0 Å². The van der Waals surface area contributed by atoms with E-state index >= 15 is 0 Å². The summed E-state index contributed by atoms with van der Waals surface area (Å²) >= 11 is 0. The zero-order chi connectivity index (χ0) is 18.2. The lowest BCUT2D eigenvalue weighted by Crippen LogP contribution is -2.55. The summed E-state index contributed by atoms with van der Waals surface area (Å²) in [5, 5.41) is 0. The van der Waals surface area contributed by atoms with Gasteiger partial charge in [-0.1, -0.05) is 13.8 Å². The van der Waals surface area contributed by atoms with Crippen LogP contribution in [0, 0.1) is 12.3 Å². The third-order valence-electron chi connectivity index (χ3n) is 5.74. The molecule has 1 aromatic heterocycles. The van der Waals surface area contributed by atoms with E-state index < -0.39 is 0 Å². The van der Waals surface area contributed by atoms with Gasteiger partial charge in [0.2, 0.25) is 5.91 Å². The SMILES string of the molecule is Cc1nc(C(C)C)cc(N2CCC[C@@]3(CCC(=O)N(C(C)C)C3)C2)n1. The molecule has 2 fully saturated rings. The maximum absolute atomic E-state index is 12.3. The molecule has 0 saturated carbocycles. The van der Waals surface area contributed by atoms with E-state index in [1.54, 1.807) is 0 Å². The summed E-state index contributed by atoms with van der Waals surface area (Å²) in [7, 11) is 0. The lowest BCUT2D eigenvalue weighted by Gasteiger charge is -2.49. The first-order chi connectivity index (χ1) is 11.8. The van der Waals surface area contributed by atoms with Crippen molar-refractivity contribution in [1.29, 1.82) is 0 Å². The van der Waals surface area contributed by atoms with Crippen molar-refractivity contribution >= 4 is 11.7 Å². The van der Waals surface area contributed by atoms with Crippen LogP contribution in [0.5, 0.6) is 0 Å². The average molecular weight is 345 g/mol. The van der Waals surface area contributed by atoms with Crippen molar-refractivity contribution in [2.24, 2.45) is 5.41 Å². The van der Waals surface area contributed by atoms with Gasteiger partial charge in [-0.2, -0.15) is 0 Å². The van der Waals surface area contributed by atoms with E-state index in [1.165, 1.54) is 12.8 Å². The maximum Gasteiger partial charge on any atom is 0.222 e. The summed E-state index contributed by atoms with van der Waals surface area (Å²) in [5.41, 5.74) is 1.33. The molecule has 2 aliphatic heterocycles. The highest BCUT2D eigenvalue weighted by molar-refractivity contribution is 5.77. The lowest BCUT2D eigenvalue weighted by atomic mass is 9.73. The molecule has 0 aromatic carbocycles. The smallest absolute Gasteiger partial charge is 0.222 e. The number of rotatable bonds is 3. The molecule has 1 aromatic rings. The molecule has 0 unspecified atom stereocenters. The molecular formula is C20H32N4O. The Bertz CT molecular complexity index is 643. The van der Waals surface area contributed by atoms with Gasteiger partial charge in [0.25, 0.3) is 0 Å². The second-order valence-corrected chi connectivity index (χ2v) is 8.49. The number of carbonyl (C=O) groups is 1. The summed E-state index contributed by atoms with van der Waals surface area (Å²) in [6.45, 7) is 13.5. The van der Waals surface area contributed by atoms with E-state index in [0.29, 0.717) is 18.2 Å². The molecule has 25 heavy (non-hydrogen) atoms. The number of anilines is 1. The second kappa shape index (κ2) is 6.93. The average Bonchev–Trinajstić information content (AvgIpc) is 2.57. The van der Waals surface area contributed by atoms with Gasteiger partial charge in [0.05, 0.1) is 0 Å². The van der Waals surface area contributed by atoms with E-state index in [9.17, 15) is 4.79 Å². The Balaban J connectivity index is 1.83. The second-order valence-electron chi connectivity index (χ2n) is 8.49. The molecule has 2 aliphatic rings.